The fourth-order valence-corrected chi connectivity index (χ4v) is 3.99. The topological polar surface area (TPSA) is 31.0 Å². The van der Waals surface area contributed by atoms with Crippen LogP contribution in [-0.2, 0) is 0 Å². The summed E-state index contributed by atoms with van der Waals surface area (Å²) in [6, 6.07) is 33.0. The van der Waals surface area contributed by atoms with Crippen LogP contribution in [0.3, 0.4) is 0 Å². The molecule has 3 heteroatoms. The predicted octanol–water partition coefficient (Wildman–Crippen LogP) is 6.59. The van der Waals surface area contributed by atoms with E-state index in [0.29, 0.717) is 0 Å². The van der Waals surface area contributed by atoms with Gasteiger partial charge in [-0.3, -0.25) is 4.57 Å². The molecule has 2 aromatic heterocycles. The van der Waals surface area contributed by atoms with Crippen LogP contribution in [0.2, 0.25) is 0 Å². The van der Waals surface area contributed by atoms with E-state index in [4.69, 9.17) is 9.40 Å². The highest BCUT2D eigenvalue weighted by molar-refractivity contribution is 6.10. The van der Waals surface area contributed by atoms with Gasteiger partial charge in [0.1, 0.15) is 17.0 Å². The lowest BCUT2D eigenvalue weighted by atomic mass is 10.1. The Morgan fingerprint density at radius 2 is 1.39 bits per heavy atom. The Hall–Kier alpha value is -3.85. The Kier molecular flexibility index (Phi) is 3.17. The van der Waals surface area contributed by atoms with E-state index in [1.54, 1.807) is 0 Å². The number of hydrogen-bond acceptors (Lipinski definition) is 2. The molecule has 3 nitrogen and oxygen atoms in total. The second-order valence-electron chi connectivity index (χ2n) is 6.87. The molecule has 0 saturated carbocycles. The maximum absolute atomic E-state index is 6.12. The third-order valence-electron chi connectivity index (χ3n) is 5.21. The van der Waals surface area contributed by atoms with Crippen molar-refractivity contribution in [1.82, 2.24) is 9.55 Å². The summed E-state index contributed by atoms with van der Waals surface area (Å²) >= 11 is 0. The first kappa shape index (κ1) is 15.2. The molecule has 4 aromatic carbocycles. The number of imidazole rings is 1. The van der Waals surface area contributed by atoms with Crippen LogP contribution >= 0.6 is 0 Å². The molecule has 0 N–H and O–H groups in total. The van der Waals surface area contributed by atoms with Crippen molar-refractivity contribution in [3.8, 4) is 17.1 Å². The summed E-state index contributed by atoms with van der Waals surface area (Å²) in [4.78, 5) is 4.96. The highest BCUT2D eigenvalue weighted by Gasteiger charge is 2.18. The molecule has 132 valence electrons. The van der Waals surface area contributed by atoms with Crippen molar-refractivity contribution in [3.05, 3.63) is 97.1 Å². The highest BCUT2D eigenvalue weighted by atomic mass is 16.3. The Morgan fingerprint density at radius 1 is 0.643 bits per heavy atom. The Morgan fingerprint density at radius 3 is 2.32 bits per heavy atom. The van der Waals surface area contributed by atoms with Crippen molar-refractivity contribution in [1.29, 1.82) is 0 Å². The molecule has 6 rings (SSSR count). The van der Waals surface area contributed by atoms with Gasteiger partial charge in [-0.2, -0.15) is 0 Å². The monoisotopic (exact) mass is 360 g/mol. The van der Waals surface area contributed by atoms with Crippen LogP contribution in [0, 0.1) is 0 Å². The van der Waals surface area contributed by atoms with Gasteiger partial charge in [-0.1, -0.05) is 66.7 Å². The van der Waals surface area contributed by atoms with Crippen molar-refractivity contribution in [3.63, 3.8) is 0 Å². The quantitative estimate of drug-likeness (QED) is 0.349. The minimum Gasteiger partial charge on any atom is -0.456 e. The van der Waals surface area contributed by atoms with Crippen molar-refractivity contribution in [2.75, 3.05) is 0 Å². The molecular formula is C25H16N2O. The summed E-state index contributed by atoms with van der Waals surface area (Å²) in [5, 5.41) is 2.23. The molecule has 2 heterocycles. The normalized spacial score (nSPS) is 11.6. The van der Waals surface area contributed by atoms with Gasteiger partial charge in [0.2, 0.25) is 0 Å². The third-order valence-corrected chi connectivity index (χ3v) is 5.21. The largest absolute Gasteiger partial charge is 0.456 e. The second kappa shape index (κ2) is 5.83. The molecule has 0 fully saturated rings. The first-order chi connectivity index (χ1) is 13.9. The summed E-state index contributed by atoms with van der Waals surface area (Å²) in [5.41, 5.74) is 6.01. The standard InChI is InChI=1S/C25H16N2O/c1-2-9-17(10-3-1)25-26-19-12-5-6-13-20(19)27(25)21-14-8-16-23-24(21)18-11-4-7-15-22(18)28-23/h1-16H. The maximum Gasteiger partial charge on any atom is 0.145 e. The zero-order valence-electron chi connectivity index (χ0n) is 15.0. The van der Waals surface area contributed by atoms with Crippen LogP contribution in [0.25, 0.3) is 50.0 Å². The van der Waals surface area contributed by atoms with Crippen LogP contribution in [-0.4, -0.2) is 9.55 Å². The maximum atomic E-state index is 6.12. The smallest absolute Gasteiger partial charge is 0.145 e. The summed E-state index contributed by atoms with van der Waals surface area (Å²) in [5.74, 6) is 0.930. The lowest BCUT2D eigenvalue weighted by Crippen LogP contribution is -1.98. The molecule has 28 heavy (non-hydrogen) atoms. The van der Waals surface area contributed by atoms with Crippen LogP contribution in [0.4, 0.5) is 0 Å². The lowest BCUT2D eigenvalue weighted by Gasteiger charge is -2.11. The van der Waals surface area contributed by atoms with Crippen LogP contribution in [0.1, 0.15) is 0 Å². The van der Waals surface area contributed by atoms with Gasteiger partial charge in [0, 0.05) is 10.9 Å². The van der Waals surface area contributed by atoms with Gasteiger partial charge < -0.3 is 4.42 Å². The minimum absolute atomic E-state index is 0.885. The number of nitrogens with zero attached hydrogens (tertiary/aromatic N) is 2. The Bertz CT molecular complexity index is 1460. The third kappa shape index (κ3) is 2.13. The van der Waals surface area contributed by atoms with E-state index in [1.807, 2.05) is 48.5 Å². The van der Waals surface area contributed by atoms with Gasteiger partial charge in [0.25, 0.3) is 0 Å². The summed E-state index contributed by atoms with van der Waals surface area (Å²) < 4.78 is 8.36. The molecule has 0 atom stereocenters. The molecule has 0 spiro atoms. The van der Waals surface area contributed by atoms with Crippen molar-refractivity contribution in [2.45, 2.75) is 0 Å². The molecule has 0 bridgehead atoms. The van der Waals surface area contributed by atoms with Crippen molar-refractivity contribution in [2.24, 2.45) is 0 Å². The summed E-state index contributed by atoms with van der Waals surface area (Å²) in [6.45, 7) is 0. The van der Waals surface area contributed by atoms with Gasteiger partial charge in [0.05, 0.1) is 22.1 Å². The van der Waals surface area contributed by atoms with E-state index in [0.717, 1.165) is 50.0 Å². The molecule has 0 unspecified atom stereocenters. The molecule has 6 aromatic rings. The molecule has 0 aliphatic carbocycles. The van der Waals surface area contributed by atoms with E-state index < -0.39 is 0 Å². The van der Waals surface area contributed by atoms with Crippen LogP contribution in [0.5, 0.6) is 0 Å². The van der Waals surface area contributed by atoms with Gasteiger partial charge >= 0.3 is 0 Å². The fraction of sp³-hybridized carbons (Fsp3) is 0. The van der Waals surface area contributed by atoms with E-state index in [-0.39, 0.29) is 0 Å². The predicted molar refractivity (Wildman–Crippen MR) is 114 cm³/mol. The van der Waals surface area contributed by atoms with Crippen molar-refractivity contribution >= 4 is 33.0 Å². The van der Waals surface area contributed by atoms with Gasteiger partial charge in [-0.25, -0.2) is 4.98 Å². The minimum atomic E-state index is 0.885. The van der Waals surface area contributed by atoms with Crippen LogP contribution in [0.15, 0.2) is 101 Å². The second-order valence-corrected chi connectivity index (χ2v) is 6.87. The molecule has 0 amide bonds. The molecule has 0 aliphatic heterocycles. The Labute approximate surface area is 161 Å². The SMILES string of the molecule is c1ccc(-c2nc3ccccc3n2-c2cccc3oc4ccccc4c23)cc1. The van der Waals surface area contributed by atoms with Crippen LogP contribution < -0.4 is 0 Å². The number of hydrogen-bond donors (Lipinski definition) is 0. The number of para-hydroxylation sites is 3. The number of aromatic nitrogens is 2. The highest BCUT2D eigenvalue weighted by Crippen LogP contribution is 2.37. The molecular weight excluding hydrogens is 344 g/mol. The summed E-state index contributed by atoms with van der Waals surface area (Å²) in [7, 11) is 0. The first-order valence-electron chi connectivity index (χ1n) is 9.34. The molecule has 0 saturated heterocycles. The van der Waals surface area contributed by atoms with E-state index in [1.165, 1.54) is 0 Å². The average Bonchev–Trinajstić information content (AvgIpc) is 3.33. The first-order valence-corrected chi connectivity index (χ1v) is 9.34. The average molecular weight is 360 g/mol. The number of rotatable bonds is 2. The number of furan rings is 1. The number of benzene rings is 4. The summed E-state index contributed by atoms with van der Waals surface area (Å²) in [6.07, 6.45) is 0. The zero-order chi connectivity index (χ0) is 18.5. The fourth-order valence-electron chi connectivity index (χ4n) is 3.99. The van der Waals surface area contributed by atoms with Gasteiger partial charge in [-0.05, 0) is 30.3 Å². The van der Waals surface area contributed by atoms with E-state index >= 15 is 0 Å². The van der Waals surface area contributed by atoms with E-state index in [9.17, 15) is 0 Å². The Balaban J connectivity index is 1.79. The molecule has 0 radical (unpaired) electrons. The molecule has 0 aliphatic rings. The number of fused-ring (bicyclic) bond motifs is 4. The lowest BCUT2D eigenvalue weighted by molar-refractivity contribution is 0.669. The van der Waals surface area contributed by atoms with Gasteiger partial charge in [-0.15, -0.1) is 0 Å². The zero-order valence-corrected chi connectivity index (χ0v) is 15.0. The van der Waals surface area contributed by atoms with Crippen molar-refractivity contribution < 1.29 is 4.42 Å². The van der Waals surface area contributed by atoms with E-state index in [2.05, 4.69) is 53.1 Å². The van der Waals surface area contributed by atoms with Gasteiger partial charge in [0.15, 0.2) is 0 Å².